The molecule has 1 aromatic carbocycles. The largest absolute Gasteiger partial charge is 0.490 e. The number of nitrogens with one attached hydrogen (secondary N) is 1. The fraction of sp³-hybridized carbons (Fsp3) is 0.308. The summed E-state index contributed by atoms with van der Waals surface area (Å²) < 4.78 is 7.42. The second-order valence-corrected chi connectivity index (χ2v) is 4.81. The lowest BCUT2D eigenvalue weighted by Crippen LogP contribution is -2.45. The molecule has 5 heteroatoms. The van der Waals surface area contributed by atoms with E-state index in [0.29, 0.717) is 10.9 Å². The van der Waals surface area contributed by atoms with E-state index in [9.17, 15) is 0 Å². The fourth-order valence-corrected chi connectivity index (χ4v) is 2.05. The van der Waals surface area contributed by atoms with E-state index in [0.717, 1.165) is 31.1 Å². The van der Waals surface area contributed by atoms with E-state index in [-0.39, 0.29) is 0 Å². The minimum atomic E-state index is 0.619. The lowest BCUT2D eigenvalue weighted by Gasteiger charge is -2.26. The molecule has 1 aromatic heterocycles. The van der Waals surface area contributed by atoms with Gasteiger partial charge < -0.3 is 10.1 Å². The van der Waals surface area contributed by atoms with Crippen LogP contribution in [0.15, 0.2) is 36.7 Å². The van der Waals surface area contributed by atoms with Crippen LogP contribution in [0.3, 0.4) is 0 Å². The van der Waals surface area contributed by atoms with E-state index < -0.39 is 0 Å². The highest BCUT2D eigenvalue weighted by atomic mass is 35.5. The van der Waals surface area contributed by atoms with Crippen LogP contribution >= 0.6 is 11.6 Å². The summed E-state index contributed by atoms with van der Waals surface area (Å²) in [6.07, 6.45) is 3.57. The van der Waals surface area contributed by atoms with Crippen molar-refractivity contribution >= 4 is 11.6 Å². The second kappa shape index (κ2) is 5.00. The molecule has 4 nitrogen and oxygen atoms in total. The highest BCUT2D eigenvalue weighted by Crippen LogP contribution is 2.21. The number of benzene rings is 1. The molecule has 2 aromatic rings. The molecule has 0 radical (unpaired) electrons. The summed E-state index contributed by atoms with van der Waals surface area (Å²) in [5, 5.41) is 8.15. The van der Waals surface area contributed by atoms with Crippen molar-refractivity contribution in [3.05, 3.63) is 41.7 Å². The van der Waals surface area contributed by atoms with Gasteiger partial charge in [-0.3, -0.25) is 0 Å². The van der Waals surface area contributed by atoms with E-state index in [1.54, 1.807) is 10.9 Å². The molecule has 1 saturated heterocycles. The quantitative estimate of drug-likeness (QED) is 0.919. The number of rotatable bonds is 4. The number of halogens is 1. The minimum Gasteiger partial charge on any atom is -0.490 e. The van der Waals surface area contributed by atoms with Gasteiger partial charge in [0.05, 0.1) is 29.7 Å². The lowest BCUT2D eigenvalue weighted by atomic mass is 10.1. The van der Waals surface area contributed by atoms with Gasteiger partial charge in [-0.2, -0.15) is 5.10 Å². The Hall–Kier alpha value is -1.52. The summed E-state index contributed by atoms with van der Waals surface area (Å²) in [7, 11) is 0. The van der Waals surface area contributed by atoms with Crippen LogP contribution in [0, 0.1) is 5.92 Å². The van der Waals surface area contributed by atoms with Gasteiger partial charge >= 0.3 is 0 Å². The predicted molar refractivity (Wildman–Crippen MR) is 70.4 cm³/mol. The van der Waals surface area contributed by atoms with Crippen molar-refractivity contribution in [2.45, 2.75) is 0 Å². The third kappa shape index (κ3) is 2.35. The molecule has 2 heterocycles. The van der Waals surface area contributed by atoms with Gasteiger partial charge in [-0.15, -0.1) is 0 Å². The van der Waals surface area contributed by atoms with Crippen LogP contribution in [0.4, 0.5) is 0 Å². The number of nitrogens with zero attached hydrogens (tertiary/aromatic N) is 2. The summed E-state index contributed by atoms with van der Waals surface area (Å²) in [5.41, 5.74) is 0.860. The van der Waals surface area contributed by atoms with Crippen LogP contribution in [-0.2, 0) is 0 Å². The first-order valence-electron chi connectivity index (χ1n) is 5.96. The Balaban J connectivity index is 1.70. The second-order valence-electron chi connectivity index (χ2n) is 4.41. The van der Waals surface area contributed by atoms with E-state index >= 15 is 0 Å². The zero-order valence-electron chi connectivity index (χ0n) is 9.84. The van der Waals surface area contributed by atoms with Crippen molar-refractivity contribution in [3.63, 3.8) is 0 Å². The maximum atomic E-state index is 6.12. The fourth-order valence-electron chi connectivity index (χ4n) is 1.83. The molecule has 0 amide bonds. The average molecular weight is 264 g/mol. The van der Waals surface area contributed by atoms with Gasteiger partial charge in [0.2, 0.25) is 0 Å². The standard InChI is InChI=1S/C13H14ClN3O/c14-12-3-1-2-4-13(12)17-8-11(7-16-17)18-9-10-5-15-6-10/h1-4,7-8,10,15H,5-6,9H2. The lowest BCUT2D eigenvalue weighted by molar-refractivity contribution is 0.199. The normalized spacial score (nSPS) is 15.4. The topological polar surface area (TPSA) is 39.1 Å². The van der Waals surface area contributed by atoms with Crippen LogP contribution in [0.2, 0.25) is 5.02 Å². The molecule has 94 valence electrons. The number of para-hydroxylation sites is 1. The number of ether oxygens (including phenoxy) is 1. The molecule has 1 N–H and O–H groups in total. The number of hydrogen-bond donors (Lipinski definition) is 1. The van der Waals surface area contributed by atoms with Crippen LogP contribution in [-0.4, -0.2) is 29.5 Å². The van der Waals surface area contributed by atoms with Crippen LogP contribution in [0.5, 0.6) is 5.75 Å². The maximum Gasteiger partial charge on any atom is 0.157 e. The average Bonchev–Trinajstić information content (AvgIpc) is 2.76. The molecule has 0 unspecified atom stereocenters. The summed E-state index contributed by atoms with van der Waals surface area (Å²) >= 11 is 6.12. The summed E-state index contributed by atoms with van der Waals surface area (Å²) in [5.74, 6) is 1.40. The van der Waals surface area contributed by atoms with Crippen LogP contribution in [0.25, 0.3) is 5.69 Å². The molecule has 0 spiro atoms. The SMILES string of the molecule is Clc1ccccc1-n1cc(OCC2CNC2)cn1. The molecule has 3 rings (SSSR count). The number of aromatic nitrogens is 2. The molecule has 1 aliphatic heterocycles. The van der Waals surface area contributed by atoms with Crippen molar-refractivity contribution in [1.82, 2.24) is 15.1 Å². The molecule has 0 aliphatic carbocycles. The van der Waals surface area contributed by atoms with Gasteiger partial charge in [0, 0.05) is 19.0 Å². The Kier molecular flexibility index (Phi) is 3.21. The Bertz CT molecular complexity index is 537. The molecule has 0 bridgehead atoms. The summed E-state index contributed by atoms with van der Waals surface area (Å²) in [4.78, 5) is 0. The third-order valence-corrected chi connectivity index (χ3v) is 3.33. The molecule has 0 atom stereocenters. The Morgan fingerprint density at radius 3 is 2.94 bits per heavy atom. The van der Waals surface area contributed by atoms with Crippen LogP contribution in [0.1, 0.15) is 0 Å². The van der Waals surface area contributed by atoms with Crippen molar-refractivity contribution < 1.29 is 4.74 Å². The molecule has 1 fully saturated rings. The Labute approximate surface area is 111 Å². The van der Waals surface area contributed by atoms with Gasteiger partial charge in [0.1, 0.15) is 0 Å². The van der Waals surface area contributed by atoms with E-state index in [2.05, 4.69) is 10.4 Å². The summed E-state index contributed by atoms with van der Waals surface area (Å²) in [6.45, 7) is 2.82. The third-order valence-electron chi connectivity index (χ3n) is 3.01. The van der Waals surface area contributed by atoms with Crippen LogP contribution < -0.4 is 10.1 Å². The summed E-state index contributed by atoms with van der Waals surface area (Å²) in [6, 6.07) is 7.61. The highest BCUT2D eigenvalue weighted by molar-refractivity contribution is 6.32. The number of hydrogen-bond acceptors (Lipinski definition) is 3. The van der Waals surface area contributed by atoms with Gasteiger partial charge in [0.25, 0.3) is 0 Å². The Morgan fingerprint density at radius 2 is 2.22 bits per heavy atom. The minimum absolute atomic E-state index is 0.619. The zero-order chi connectivity index (χ0) is 12.4. The van der Waals surface area contributed by atoms with Crippen molar-refractivity contribution in [2.75, 3.05) is 19.7 Å². The first-order chi connectivity index (χ1) is 8.83. The first-order valence-corrected chi connectivity index (χ1v) is 6.34. The smallest absolute Gasteiger partial charge is 0.157 e. The molecular formula is C13H14ClN3O. The van der Waals surface area contributed by atoms with Crippen molar-refractivity contribution in [2.24, 2.45) is 5.92 Å². The zero-order valence-corrected chi connectivity index (χ0v) is 10.6. The predicted octanol–water partition coefficient (Wildman–Crippen LogP) is 2.12. The van der Waals surface area contributed by atoms with E-state index in [4.69, 9.17) is 16.3 Å². The molecular weight excluding hydrogens is 250 g/mol. The molecule has 0 saturated carbocycles. The van der Waals surface area contributed by atoms with E-state index in [1.807, 2.05) is 30.5 Å². The highest BCUT2D eigenvalue weighted by Gasteiger charge is 2.17. The van der Waals surface area contributed by atoms with Crippen molar-refractivity contribution in [3.8, 4) is 11.4 Å². The molecule has 1 aliphatic rings. The van der Waals surface area contributed by atoms with E-state index in [1.165, 1.54) is 0 Å². The van der Waals surface area contributed by atoms with Gasteiger partial charge in [-0.25, -0.2) is 4.68 Å². The Morgan fingerprint density at radius 1 is 1.39 bits per heavy atom. The molecule has 18 heavy (non-hydrogen) atoms. The van der Waals surface area contributed by atoms with Gasteiger partial charge in [0.15, 0.2) is 5.75 Å². The first kappa shape index (κ1) is 11.6. The van der Waals surface area contributed by atoms with Gasteiger partial charge in [-0.1, -0.05) is 23.7 Å². The van der Waals surface area contributed by atoms with Gasteiger partial charge in [-0.05, 0) is 12.1 Å². The monoisotopic (exact) mass is 263 g/mol. The van der Waals surface area contributed by atoms with Crippen molar-refractivity contribution in [1.29, 1.82) is 0 Å². The maximum absolute atomic E-state index is 6.12.